The van der Waals surface area contributed by atoms with Gasteiger partial charge in [-0.1, -0.05) is 0 Å². The van der Waals surface area contributed by atoms with Gasteiger partial charge in [-0.2, -0.15) is 21.6 Å². The Labute approximate surface area is 95.3 Å². The molecule has 0 fully saturated rings. The molecule has 0 aliphatic heterocycles. The first-order valence-corrected chi connectivity index (χ1v) is 12.0. The first kappa shape index (κ1) is 16.1. The lowest BCUT2D eigenvalue weighted by atomic mass is 11.6. The quantitative estimate of drug-likeness (QED) is 0.590. The average Bonchev–Trinajstić information content (AvgIpc) is 1.72. The Hall–Kier alpha value is 0.0938. The molecule has 0 unspecified atom stereocenters. The van der Waals surface area contributed by atoms with Crippen LogP contribution in [0.4, 0.5) is 13.2 Å². The maximum Gasteiger partial charge on any atom is 0.522 e. The van der Waals surface area contributed by atoms with Gasteiger partial charge in [-0.05, 0) is 32.7 Å². The van der Waals surface area contributed by atoms with Gasteiger partial charge in [0.05, 0.1) is 0 Å². The third-order valence-corrected chi connectivity index (χ3v) is 8.61. The van der Waals surface area contributed by atoms with E-state index in [0.29, 0.717) is 0 Å². The molecular formula is C6H15F3O4SSi2. The molecule has 0 radical (unpaired) electrons. The van der Waals surface area contributed by atoms with Crippen molar-refractivity contribution in [3.8, 4) is 0 Å². The van der Waals surface area contributed by atoms with Crippen LogP contribution in [0.3, 0.4) is 0 Å². The van der Waals surface area contributed by atoms with Crippen LogP contribution in [0.1, 0.15) is 0 Å². The minimum absolute atomic E-state index is 1.27. The highest BCUT2D eigenvalue weighted by Crippen LogP contribution is 2.28. The second-order valence-electron chi connectivity index (χ2n) is 4.60. The van der Waals surface area contributed by atoms with Gasteiger partial charge in [0.1, 0.15) is 0 Å². The molecule has 0 rings (SSSR count). The van der Waals surface area contributed by atoms with E-state index in [9.17, 15) is 21.6 Å². The number of rotatable bonds is 4. The smallest absolute Gasteiger partial charge is 0.436 e. The maximum absolute atomic E-state index is 12.1. The summed E-state index contributed by atoms with van der Waals surface area (Å²) in [6.45, 7) is 7.77. The Balaban J connectivity index is 4.87. The standard InChI is InChI=1S/C6H15F3O4SSi2/c1-15(2,3)13-16(4,5)12-14(10,11)6(7,8)9/h1-5H3. The predicted octanol–water partition coefficient (Wildman–Crippen LogP) is 2.41. The molecule has 0 aromatic carbocycles. The summed E-state index contributed by atoms with van der Waals surface area (Å²) in [5, 5.41) is 0. The Morgan fingerprint density at radius 2 is 1.38 bits per heavy atom. The van der Waals surface area contributed by atoms with Crippen LogP contribution in [0, 0.1) is 0 Å². The second kappa shape index (κ2) is 4.40. The van der Waals surface area contributed by atoms with E-state index >= 15 is 0 Å². The van der Waals surface area contributed by atoms with Gasteiger partial charge in [0.15, 0.2) is 8.32 Å². The van der Waals surface area contributed by atoms with Gasteiger partial charge in [0.25, 0.3) is 0 Å². The highest BCUT2D eigenvalue weighted by molar-refractivity contribution is 7.88. The van der Waals surface area contributed by atoms with E-state index in [-0.39, 0.29) is 0 Å². The first-order valence-electron chi connectivity index (χ1n) is 4.38. The first-order chi connectivity index (χ1) is 6.66. The van der Waals surface area contributed by atoms with Crippen molar-refractivity contribution in [2.24, 2.45) is 0 Å². The summed E-state index contributed by atoms with van der Waals surface area (Å²) in [7, 11) is -11.0. The van der Waals surface area contributed by atoms with Crippen LogP contribution < -0.4 is 0 Å². The van der Waals surface area contributed by atoms with Crippen molar-refractivity contribution in [1.29, 1.82) is 0 Å². The molecule has 0 heterocycles. The van der Waals surface area contributed by atoms with E-state index in [0.717, 1.165) is 0 Å². The predicted molar refractivity (Wildman–Crippen MR) is 58.0 cm³/mol. The molecule has 0 amide bonds. The molecule has 4 nitrogen and oxygen atoms in total. The fourth-order valence-electron chi connectivity index (χ4n) is 1.07. The van der Waals surface area contributed by atoms with Crippen LogP contribution in [0.5, 0.6) is 0 Å². The topological polar surface area (TPSA) is 52.6 Å². The molecule has 98 valence electrons. The molecule has 0 N–H and O–H groups in total. The third kappa shape index (κ3) is 5.43. The minimum Gasteiger partial charge on any atom is -0.436 e. The zero-order chi connectivity index (χ0) is 13.4. The normalized spacial score (nSPS) is 15.2. The molecule has 10 heteroatoms. The Bertz CT molecular complexity index is 344. The van der Waals surface area contributed by atoms with Gasteiger partial charge in [-0.25, -0.2) is 0 Å². The van der Waals surface area contributed by atoms with Crippen LogP contribution in [-0.2, 0) is 18.1 Å². The van der Waals surface area contributed by atoms with Gasteiger partial charge >= 0.3 is 24.2 Å². The molecule has 0 aromatic rings. The van der Waals surface area contributed by atoms with Gasteiger partial charge in [0, 0.05) is 0 Å². The lowest BCUT2D eigenvalue weighted by molar-refractivity contribution is -0.0508. The largest absolute Gasteiger partial charge is 0.522 e. The maximum atomic E-state index is 12.1. The molecule has 0 spiro atoms. The summed E-state index contributed by atoms with van der Waals surface area (Å²) in [5.41, 5.74) is -5.40. The zero-order valence-electron chi connectivity index (χ0n) is 9.68. The number of halogens is 3. The summed E-state index contributed by atoms with van der Waals surface area (Å²) < 4.78 is 67.2. The van der Waals surface area contributed by atoms with Crippen LogP contribution in [0.15, 0.2) is 0 Å². The van der Waals surface area contributed by atoms with E-state index in [1.807, 2.05) is 0 Å². The summed E-state index contributed by atoms with van der Waals surface area (Å²) in [5.74, 6) is 0. The van der Waals surface area contributed by atoms with Gasteiger partial charge in [-0.15, -0.1) is 0 Å². The summed E-state index contributed by atoms with van der Waals surface area (Å²) in [6.07, 6.45) is 0. The fraction of sp³-hybridized carbons (Fsp3) is 1.00. The summed E-state index contributed by atoms with van der Waals surface area (Å²) >= 11 is 0. The van der Waals surface area contributed by atoms with Crippen molar-refractivity contribution in [2.45, 2.75) is 38.2 Å². The number of alkyl halides is 3. The lowest BCUT2D eigenvalue weighted by Gasteiger charge is -2.30. The third-order valence-electron chi connectivity index (χ3n) is 1.15. The Kier molecular flexibility index (Phi) is 4.43. The summed E-state index contributed by atoms with van der Waals surface area (Å²) in [6, 6.07) is 0. The molecular weight excluding hydrogens is 281 g/mol. The second-order valence-corrected chi connectivity index (χ2v) is 14.5. The van der Waals surface area contributed by atoms with Gasteiger partial charge in [0.2, 0.25) is 0 Å². The van der Waals surface area contributed by atoms with E-state index < -0.39 is 32.5 Å². The molecule has 0 aromatic heterocycles. The highest BCUT2D eigenvalue weighted by atomic mass is 32.2. The van der Waals surface area contributed by atoms with E-state index in [1.165, 1.54) is 13.1 Å². The van der Waals surface area contributed by atoms with Crippen LogP contribution in [0.2, 0.25) is 32.7 Å². The molecule has 0 atom stereocenters. The van der Waals surface area contributed by atoms with E-state index in [2.05, 4.69) is 3.87 Å². The van der Waals surface area contributed by atoms with E-state index in [4.69, 9.17) is 4.12 Å². The van der Waals surface area contributed by atoms with Crippen molar-refractivity contribution >= 4 is 27.0 Å². The van der Waals surface area contributed by atoms with Crippen molar-refractivity contribution in [1.82, 2.24) is 0 Å². The monoisotopic (exact) mass is 296 g/mol. The molecule has 0 saturated carbocycles. The van der Waals surface area contributed by atoms with E-state index in [1.54, 1.807) is 19.6 Å². The number of hydrogen-bond donors (Lipinski definition) is 0. The van der Waals surface area contributed by atoms with Crippen molar-refractivity contribution in [3.63, 3.8) is 0 Å². The average molecular weight is 296 g/mol. The van der Waals surface area contributed by atoms with Crippen molar-refractivity contribution < 1.29 is 29.6 Å². The SMILES string of the molecule is C[Si](C)(C)O[Si](C)(C)OS(=O)(=O)C(F)(F)F. The van der Waals surface area contributed by atoms with Crippen molar-refractivity contribution in [3.05, 3.63) is 0 Å². The summed E-state index contributed by atoms with van der Waals surface area (Å²) in [4.78, 5) is 0. The Morgan fingerprint density at radius 1 is 1.00 bits per heavy atom. The molecule has 16 heavy (non-hydrogen) atoms. The minimum atomic E-state index is -5.57. The Morgan fingerprint density at radius 3 is 1.62 bits per heavy atom. The van der Waals surface area contributed by atoms with Crippen molar-refractivity contribution in [2.75, 3.05) is 0 Å². The lowest BCUT2D eigenvalue weighted by Crippen LogP contribution is -2.48. The van der Waals surface area contributed by atoms with Crippen LogP contribution in [0.25, 0.3) is 0 Å². The molecule has 0 aliphatic rings. The van der Waals surface area contributed by atoms with Crippen LogP contribution >= 0.6 is 0 Å². The fourth-order valence-corrected chi connectivity index (χ4v) is 9.90. The number of hydrogen-bond acceptors (Lipinski definition) is 4. The zero-order valence-corrected chi connectivity index (χ0v) is 12.5. The van der Waals surface area contributed by atoms with Crippen LogP contribution in [-0.4, -0.2) is 30.8 Å². The highest BCUT2D eigenvalue weighted by Gasteiger charge is 2.51. The molecule has 0 bridgehead atoms. The molecule has 0 aliphatic carbocycles. The van der Waals surface area contributed by atoms with Gasteiger partial charge in [-0.3, -0.25) is 3.87 Å². The molecule has 0 saturated heterocycles. The van der Waals surface area contributed by atoms with Gasteiger partial charge < -0.3 is 4.12 Å².